The molecule has 0 aromatic carbocycles. The lowest BCUT2D eigenvalue weighted by Crippen LogP contribution is -2.51. The number of alkyl halides is 1. The number of ether oxygens (including phenoxy) is 1. The van der Waals surface area contributed by atoms with Crippen LogP contribution in [0.1, 0.15) is 38.5 Å². The van der Waals surface area contributed by atoms with E-state index in [2.05, 4.69) is 5.32 Å². The van der Waals surface area contributed by atoms with Crippen LogP contribution in [0, 0.1) is 5.92 Å². The van der Waals surface area contributed by atoms with Gasteiger partial charge in [0.05, 0.1) is 13.2 Å². The average molecular weight is 201 g/mol. The lowest BCUT2D eigenvalue weighted by molar-refractivity contribution is -0.196. The lowest BCUT2D eigenvalue weighted by atomic mass is 9.91. The number of nitrogens with one attached hydrogen (secondary N) is 1. The van der Waals surface area contributed by atoms with Crippen LogP contribution in [0.3, 0.4) is 0 Å². The minimum Gasteiger partial charge on any atom is -0.343 e. The number of hydrogen-bond donors (Lipinski definition) is 1. The van der Waals surface area contributed by atoms with E-state index in [0.717, 1.165) is 19.4 Å². The van der Waals surface area contributed by atoms with Gasteiger partial charge in [-0.15, -0.1) is 0 Å². The molecule has 2 fully saturated rings. The Morgan fingerprint density at radius 1 is 1.14 bits per heavy atom. The molecule has 82 valence electrons. The Morgan fingerprint density at radius 2 is 1.86 bits per heavy atom. The lowest BCUT2D eigenvalue weighted by Gasteiger charge is -2.36. The SMILES string of the molecule is FC1(C2CCCCCC2)CNCCO1. The molecule has 1 heterocycles. The Balaban J connectivity index is 1.95. The number of morpholine rings is 1. The van der Waals surface area contributed by atoms with E-state index in [1.807, 2.05) is 0 Å². The zero-order valence-corrected chi connectivity index (χ0v) is 8.73. The summed E-state index contributed by atoms with van der Waals surface area (Å²) >= 11 is 0. The molecule has 0 aromatic heterocycles. The van der Waals surface area contributed by atoms with Crippen molar-refractivity contribution in [1.82, 2.24) is 5.32 Å². The van der Waals surface area contributed by atoms with Crippen LogP contribution in [0.15, 0.2) is 0 Å². The summed E-state index contributed by atoms with van der Waals surface area (Å²) in [5.41, 5.74) is 0. The maximum absolute atomic E-state index is 14.4. The van der Waals surface area contributed by atoms with Gasteiger partial charge in [-0.3, -0.25) is 0 Å². The van der Waals surface area contributed by atoms with Gasteiger partial charge in [0, 0.05) is 12.5 Å². The number of rotatable bonds is 1. The summed E-state index contributed by atoms with van der Waals surface area (Å²) in [5.74, 6) is -1.25. The van der Waals surface area contributed by atoms with Gasteiger partial charge in [-0.2, -0.15) is 0 Å². The van der Waals surface area contributed by atoms with E-state index in [1.54, 1.807) is 0 Å². The summed E-state index contributed by atoms with van der Waals surface area (Å²) in [6, 6.07) is 0. The molecule has 0 aromatic rings. The molecule has 0 spiro atoms. The second kappa shape index (κ2) is 4.58. The monoisotopic (exact) mass is 201 g/mol. The smallest absolute Gasteiger partial charge is 0.224 e. The Hall–Kier alpha value is -0.150. The summed E-state index contributed by atoms with van der Waals surface area (Å²) in [6.07, 6.45) is 6.86. The second-order valence-electron chi connectivity index (χ2n) is 4.50. The molecule has 3 heteroatoms. The fourth-order valence-corrected chi connectivity index (χ4v) is 2.58. The third-order valence-corrected chi connectivity index (χ3v) is 3.45. The van der Waals surface area contributed by atoms with Gasteiger partial charge < -0.3 is 10.1 Å². The molecule has 0 radical (unpaired) electrons. The number of hydrogen-bond acceptors (Lipinski definition) is 2. The van der Waals surface area contributed by atoms with Gasteiger partial charge in [0.2, 0.25) is 5.85 Å². The third kappa shape index (κ3) is 2.26. The van der Waals surface area contributed by atoms with Crippen molar-refractivity contribution >= 4 is 0 Å². The highest BCUT2D eigenvalue weighted by atomic mass is 19.2. The zero-order chi connectivity index (χ0) is 9.86. The molecule has 1 atom stereocenters. The van der Waals surface area contributed by atoms with Crippen LogP contribution < -0.4 is 5.32 Å². The standard InChI is InChI=1S/C11H20FNO/c12-11(9-13-7-8-14-11)10-5-3-1-2-4-6-10/h10,13H,1-9H2. The van der Waals surface area contributed by atoms with Gasteiger partial charge in [-0.25, -0.2) is 4.39 Å². The van der Waals surface area contributed by atoms with Crippen LogP contribution in [-0.2, 0) is 4.74 Å². The Labute approximate surface area is 85.2 Å². The van der Waals surface area contributed by atoms with Crippen molar-refractivity contribution in [3.05, 3.63) is 0 Å². The van der Waals surface area contributed by atoms with E-state index in [0.29, 0.717) is 13.2 Å². The van der Waals surface area contributed by atoms with Crippen LogP contribution in [0.25, 0.3) is 0 Å². The molecule has 1 N–H and O–H groups in total. The fourth-order valence-electron chi connectivity index (χ4n) is 2.58. The van der Waals surface area contributed by atoms with E-state index in [4.69, 9.17) is 4.74 Å². The fraction of sp³-hybridized carbons (Fsp3) is 1.00. The first-order valence-electron chi connectivity index (χ1n) is 5.85. The molecular weight excluding hydrogens is 181 g/mol. The van der Waals surface area contributed by atoms with E-state index >= 15 is 0 Å². The van der Waals surface area contributed by atoms with Crippen LogP contribution in [0.5, 0.6) is 0 Å². The first-order valence-corrected chi connectivity index (χ1v) is 5.85. The quantitative estimate of drug-likeness (QED) is 0.657. The van der Waals surface area contributed by atoms with E-state index < -0.39 is 5.85 Å². The summed E-state index contributed by atoms with van der Waals surface area (Å²) in [4.78, 5) is 0. The molecule has 1 aliphatic heterocycles. The molecule has 0 amide bonds. The van der Waals surface area contributed by atoms with Crippen molar-refractivity contribution in [2.75, 3.05) is 19.7 Å². The summed E-state index contributed by atoms with van der Waals surface area (Å²) in [5, 5.41) is 3.09. The molecule has 1 unspecified atom stereocenters. The molecule has 14 heavy (non-hydrogen) atoms. The van der Waals surface area contributed by atoms with Gasteiger partial charge in [0.25, 0.3) is 0 Å². The molecule has 2 nitrogen and oxygen atoms in total. The molecule has 1 aliphatic carbocycles. The predicted molar refractivity (Wildman–Crippen MR) is 53.9 cm³/mol. The molecule has 0 bridgehead atoms. The van der Waals surface area contributed by atoms with Crippen molar-refractivity contribution in [3.8, 4) is 0 Å². The maximum atomic E-state index is 14.4. The van der Waals surface area contributed by atoms with E-state index in [1.165, 1.54) is 25.7 Å². The van der Waals surface area contributed by atoms with Gasteiger partial charge in [-0.05, 0) is 12.8 Å². The average Bonchev–Trinajstić information content (AvgIpc) is 2.47. The largest absolute Gasteiger partial charge is 0.343 e. The predicted octanol–water partition coefficient (Wildman–Crippen LogP) is 2.24. The van der Waals surface area contributed by atoms with Gasteiger partial charge in [0.1, 0.15) is 0 Å². The van der Waals surface area contributed by atoms with Gasteiger partial charge >= 0.3 is 0 Å². The zero-order valence-electron chi connectivity index (χ0n) is 8.73. The third-order valence-electron chi connectivity index (χ3n) is 3.45. The molecule has 1 saturated carbocycles. The number of halogens is 1. The van der Waals surface area contributed by atoms with Crippen molar-refractivity contribution in [2.24, 2.45) is 5.92 Å². The van der Waals surface area contributed by atoms with Crippen molar-refractivity contribution < 1.29 is 9.13 Å². The van der Waals surface area contributed by atoms with E-state index in [-0.39, 0.29) is 5.92 Å². The molecule has 1 saturated heterocycles. The topological polar surface area (TPSA) is 21.3 Å². The minimum absolute atomic E-state index is 0.123. The van der Waals surface area contributed by atoms with Crippen LogP contribution >= 0.6 is 0 Å². The Bertz CT molecular complexity index is 172. The minimum atomic E-state index is -1.37. The highest BCUT2D eigenvalue weighted by Gasteiger charge is 2.41. The highest BCUT2D eigenvalue weighted by molar-refractivity contribution is 4.84. The van der Waals surface area contributed by atoms with Crippen molar-refractivity contribution in [3.63, 3.8) is 0 Å². The first-order chi connectivity index (χ1) is 6.81. The molecule has 2 rings (SSSR count). The highest BCUT2D eigenvalue weighted by Crippen LogP contribution is 2.35. The van der Waals surface area contributed by atoms with Crippen molar-refractivity contribution in [1.29, 1.82) is 0 Å². The summed E-state index contributed by atoms with van der Waals surface area (Å²) in [6.45, 7) is 1.70. The normalized spacial score (nSPS) is 36.6. The van der Waals surface area contributed by atoms with Gasteiger partial charge in [0.15, 0.2) is 0 Å². The summed E-state index contributed by atoms with van der Waals surface area (Å²) in [7, 11) is 0. The maximum Gasteiger partial charge on any atom is 0.224 e. The Morgan fingerprint density at radius 3 is 2.43 bits per heavy atom. The second-order valence-corrected chi connectivity index (χ2v) is 4.50. The van der Waals surface area contributed by atoms with Crippen molar-refractivity contribution in [2.45, 2.75) is 44.4 Å². The van der Waals surface area contributed by atoms with Crippen LogP contribution in [0.4, 0.5) is 4.39 Å². The first kappa shape index (κ1) is 10.4. The summed E-state index contributed by atoms with van der Waals surface area (Å²) < 4.78 is 19.7. The molecule has 2 aliphatic rings. The molecular formula is C11H20FNO. The van der Waals surface area contributed by atoms with Crippen LogP contribution in [-0.4, -0.2) is 25.6 Å². The van der Waals surface area contributed by atoms with Gasteiger partial charge in [-0.1, -0.05) is 25.7 Å². The van der Waals surface area contributed by atoms with E-state index in [9.17, 15) is 4.39 Å². The Kier molecular flexibility index (Phi) is 3.39. The van der Waals surface area contributed by atoms with Crippen LogP contribution in [0.2, 0.25) is 0 Å².